The van der Waals surface area contributed by atoms with Gasteiger partial charge in [-0.05, 0) is 61.1 Å². The molecule has 3 aliphatic heterocycles. The first kappa shape index (κ1) is 18.5. The van der Waals surface area contributed by atoms with Crippen LogP contribution in [0.15, 0.2) is 43.1 Å². The number of nitrogens with zero attached hydrogens (tertiary/aromatic N) is 2. The van der Waals surface area contributed by atoms with Crippen LogP contribution in [0.4, 0.5) is 0 Å². The molecule has 0 saturated carbocycles. The Morgan fingerprint density at radius 3 is 2.96 bits per heavy atom. The van der Waals surface area contributed by atoms with Crippen molar-refractivity contribution in [1.82, 2.24) is 9.88 Å². The van der Waals surface area contributed by atoms with Crippen molar-refractivity contribution in [1.29, 1.82) is 0 Å². The molecule has 0 N–H and O–H groups in total. The third-order valence-corrected chi connectivity index (χ3v) is 7.24. The lowest BCUT2D eigenvalue weighted by molar-refractivity contribution is -0.109. The minimum atomic E-state index is 0.105. The van der Waals surface area contributed by atoms with Crippen LogP contribution in [0.1, 0.15) is 30.6 Å². The number of rotatable bonds is 5. The van der Waals surface area contributed by atoms with Crippen LogP contribution in [0.5, 0.6) is 5.75 Å². The lowest BCUT2D eigenvalue weighted by Gasteiger charge is -2.51. The summed E-state index contributed by atoms with van der Waals surface area (Å²) in [5.41, 5.74) is 2.13. The highest BCUT2D eigenvalue weighted by Gasteiger charge is 2.43. The Morgan fingerprint density at radius 1 is 1.44 bits per heavy atom. The van der Waals surface area contributed by atoms with Gasteiger partial charge in [0.05, 0.1) is 17.9 Å². The van der Waals surface area contributed by atoms with E-state index in [4.69, 9.17) is 4.74 Å². The minimum Gasteiger partial charge on any atom is -0.497 e. The predicted octanol–water partition coefficient (Wildman–Crippen LogP) is 4.46. The molecule has 3 aliphatic rings. The van der Waals surface area contributed by atoms with E-state index >= 15 is 0 Å². The standard InChI is InChI=1S/C22H26N2O2S/c1-4-15-13-24-10-8-16(15)11-21(24)22(27-14(2)25)18-7-9-23-20-6-5-17(26-3)12-19(18)20/h4-7,9,12,15-16,21-22H,1,8,10-11,13H2,2-3H3/t15-,16-,21+,22+/m0/s1. The van der Waals surface area contributed by atoms with Crippen LogP contribution in [-0.2, 0) is 4.79 Å². The lowest BCUT2D eigenvalue weighted by atomic mass is 9.74. The first-order valence-electron chi connectivity index (χ1n) is 9.57. The Morgan fingerprint density at radius 2 is 2.30 bits per heavy atom. The number of piperidine rings is 3. The molecule has 142 valence electrons. The summed E-state index contributed by atoms with van der Waals surface area (Å²) in [6.45, 7) is 7.87. The third kappa shape index (κ3) is 3.50. The van der Waals surface area contributed by atoms with E-state index in [1.165, 1.54) is 23.7 Å². The van der Waals surface area contributed by atoms with Gasteiger partial charge in [0, 0.05) is 31.1 Å². The molecule has 1 aromatic heterocycles. The lowest BCUT2D eigenvalue weighted by Crippen LogP contribution is -2.54. The van der Waals surface area contributed by atoms with Gasteiger partial charge in [0.25, 0.3) is 0 Å². The fraction of sp³-hybridized carbons (Fsp3) is 0.455. The van der Waals surface area contributed by atoms with Crippen molar-refractivity contribution < 1.29 is 9.53 Å². The predicted molar refractivity (Wildman–Crippen MR) is 111 cm³/mol. The number of thioether (sulfide) groups is 1. The average Bonchev–Trinajstić information content (AvgIpc) is 2.71. The van der Waals surface area contributed by atoms with Crippen molar-refractivity contribution in [3.8, 4) is 5.75 Å². The largest absolute Gasteiger partial charge is 0.497 e. The first-order valence-corrected chi connectivity index (χ1v) is 10.4. The SMILES string of the molecule is C=C[C@H]1CN2CC[C@H]1C[C@@H]2[C@H](SC(C)=O)c1ccnc2ccc(OC)cc12. The molecular weight excluding hydrogens is 356 g/mol. The molecule has 0 spiro atoms. The molecule has 0 radical (unpaired) electrons. The van der Waals surface area contributed by atoms with Gasteiger partial charge in [0.1, 0.15) is 5.75 Å². The number of methoxy groups -OCH3 is 1. The highest BCUT2D eigenvalue weighted by Crippen LogP contribution is 2.47. The molecule has 0 amide bonds. The van der Waals surface area contributed by atoms with E-state index in [2.05, 4.69) is 28.6 Å². The molecular formula is C22H26N2O2S. The normalized spacial score (nSPS) is 28.1. The van der Waals surface area contributed by atoms with Crippen molar-refractivity contribution in [2.45, 2.75) is 31.1 Å². The van der Waals surface area contributed by atoms with Crippen molar-refractivity contribution in [3.05, 3.63) is 48.7 Å². The molecule has 5 atom stereocenters. The fourth-order valence-electron chi connectivity index (χ4n) is 4.74. The van der Waals surface area contributed by atoms with E-state index < -0.39 is 0 Å². The second-order valence-corrected chi connectivity index (χ2v) is 8.88. The molecule has 5 rings (SSSR count). The molecule has 27 heavy (non-hydrogen) atoms. The van der Waals surface area contributed by atoms with Crippen LogP contribution < -0.4 is 4.74 Å². The van der Waals surface area contributed by atoms with Gasteiger partial charge in [-0.2, -0.15) is 0 Å². The minimum absolute atomic E-state index is 0.105. The number of benzene rings is 1. The second-order valence-electron chi connectivity index (χ2n) is 7.56. The highest BCUT2D eigenvalue weighted by atomic mass is 32.2. The van der Waals surface area contributed by atoms with Gasteiger partial charge in [-0.3, -0.25) is 14.7 Å². The number of carbonyl (C=O) groups is 1. The van der Waals surface area contributed by atoms with Gasteiger partial charge in [0.2, 0.25) is 0 Å². The van der Waals surface area contributed by atoms with Gasteiger partial charge in [-0.1, -0.05) is 17.8 Å². The van der Waals surface area contributed by atoms with E-state index in [9.17, 15) is 4.79 Å². The van der Waals surface area contributed by atoms with Gasteiger partial charge >= 0.3 is 0 Å². The monoisotopic (exact) mass is 382 g/mol. The van der Waals surface area contributed by atoms with Crippen LogP contribution in [0.3, 0.4) is 0 Å². The first-order chi connectivity index (χ1) is 13.1. The van der Waals surface area contributed by atoms with Crippen molar-refractivity contribution in [3.63, 3.8) is 0 Å². The van der Waals surface area contributed by atoms with E-state index in [0.29, 0.717) is 17.9 Å². The van der Waals surface area contributed by atoms with Crippen LogP contribution in [0, 0.1) is 11.8 Å². The van der Waals surface area contributed by atoms with Gasteiger partial charge in [-0.15, -0.1) is 6.58 Å². The highest BCUT2D eigenvalue weighted by molar-refractivity contribution is 8.13. The summed E-state index contributed by atoms with van der Waals surface area (Å²) in [6.07, 6.45) is 6.33. The van der Waals surface area contributed by atoms with Crippen LogP contribution in [-0.4, -0.2) is 41.2 Å². The van der Waals surface area contributed by atoms with Crippen LogP contribution in [0.2, 0.25) is 0 Å². The summed E-state index contributed by atoms with van der Waals surface area (Å²) in [6, 6.07) is 8.43. The van der Waals surface area contributed by atoms with Gasteiger partial charge in [-0.25, -0.2) is 0 Å². The maximum absolute atomic E-state index is 12.1. The van der Waals surface area contributed by atoms with E-state index in [0.717, 1.165) is 36.2 Å². The third-order valence-electron chi connectivity index (χ3n) is 6.09. The zero-order valence-corrected chi connectivity index (χ0v) is 16.7. The summed E-state index contributed by atoms with van der Waals surface area (Å²) < 4.78 is 5.44. The van der Waals surface area contributed by atoms with Crippen LogP contribution >= 0.6 is 11.8 Å². The Kier molecular flexibility index (Phi) is 5.24. The second kappa shape index (κ2) is 7.64. The maximum atomic E-state index is 12.1. The van der Waals surface area contributed by atoms with Crippen molar-refractivity contribution in [2.75, 3.05) is 20.2 Å². The van der Waals surface area contributed by atoms with Gasteiger partial charge < -0.3 is 4.74 Å². The zero-order valence-electron chi connectivity index (χ0n) is 15.9. The number of carbonyl (C=O) groups excluding carboxylic acids is 1. The van der Waals surface area contributed by atoms with Crippen molar-refractivity contribution >= 4 is 27.8 Å². The van der Waals surface area contributed by atoms with Crippen LogP contribution in [0.25, 0.3) is 10.9 Å². The number of hydrogen-bond acceptors (Lipinski definition) is 5. The molecule has 2 bridgehead atoms. The Bertz CT molecular complexity index is 869. The maximum Gasteiger partial charge on any atom is 0.186 e. The molecule has 1 aromatic carbocycles. The van der Waals surface area contributed by atoms with E-state index in [-0.39, 0.29) is 10.4 Å². The molecule has 4 heterocycles. The molecule has 5 heteroatoms. The summed E-state index contributed by atoms with van der Waals surface area (Å²) in [5.74, 6) is 2.07. The molecule has 0 aliphatic carbocycles. The molecule has 2 aromatic rings. The quantitative estimate of drug-likeness (QED) is 0.714. The van der Waals surface area contributed by atoms with Crippen molar-refractivity contribution in [2.24, 2.45) is 11.8 Å². The molecule has 3 fully saturated rings. The average molecular weight is 383 g/mol. The Hall–Kier alpha value is -1.85. The van der Waals surface area contributed by atoms with E-state index in [1.807, 2.05) is 24.4 Å². The topological polar surface area (TPSA) is 42.4 Å². The smallest absolute Gasteiger partial charge is 0.186 e. The van der Waals surface area contributed by atoms with E-state index in [1.54, 1.807) is 14.0 Å². The number of hydrogen-bond donors (Lipinski definition) is 0. The molecule has 4 nitrogen and oxygen atoms in total. The Labute approximate surface area is 165 Å². The summed E-state index contributed by atoms with van der Waals surface area (Å²) in [7, 11) is 1.68. The Balaban J connectivity index is 1.76. The summed E-state index contributed by atoms with van der Waals surface area (Å²) in [5, 5.41) is 1.35. The van der Waals surface area contributed by atoms with Gasteiger partial charge in [0.15, 0.2) is 5.12 Å². The zero-order chi connectivity index (χ0) is 19.0. The summed E-state index contributed by atoms with van der Waals surface area (Å²) >= 11 is 1.46. The fourth-order valence-corrected chi connectivity index (χ4v) is 5.87. The molecule has 1 unspecified atom stereocenters. The number of fused-ring (bicyclic) bond motifs is 4. The number of pyridine rings is 1. The number of aromatic nitrogens is 1. The summed E-state index contributed by atoms with van der Waals surface area (Å²) in [4.78, 5) is 19.2. The molecule has 3 saturated heterocycles. The number of ether oxygens (including phenoxy) is 1.